The lowest BCUT2D eigenvalue weighted by Gasteiger charge is -2.05. The zero-order chi connectivity index (χ0) is 15.7. The van der Waals surface area contributed by atoms with E-state index in [0.717, 1.165) is 16.7 Å². The molecule has 6 heteroatoms. The Kier molecular flexibility index (Phi) is 3.96. The second-order valence-corrected chi connectivity index (χ2v) is 5.98. The summed E-state index contributed by atoms with van der Waals surface area (Å²) in [5, 5.41) is 2.47. The van der Waals surface area contributed by atoms with Gasteiger partial charge in [0.2, 0.25) is 0 Å². The average molecular weight is 316 g/mol. The van der Waals surface area contributed by atoms with Gasteiger partial charge in [0.25, 0.3) is 5.56 Å². The minimum absolute atomic E-state index is 0.240. The zero-order valence-electron chi connectivity index (χ0n) is 12.4. The Hall–Kier alpha value is -2.18. The molecule has 1 N–H and O–H groups in total. The van der Waals surface area contributed by atoms with Crippen molar-refractivity contribution in [3.8, 4) is 11.1 Å². The molecule has 2 aromatic heterocycles. The molecule has 0 spiro atoms. The first-order chi connectivity index (χ1) is 10.6. The summed E-state index contributed by atoms with van der Waals surface area (Å²) < 4.78 is 6.16. The Labute approximate surface area is 130 Å². The van der Waals surface area contributed by atoms with Crippen molar-refractivity contribution in [3.05, 3.63) is 56.0 Å². The molecule has 114 valence electrons. The molecule has 5 nitrogen and oxygen atoms in total. The number of nitrogens with one attached hydrogen (secondary N) is 1. The predicted molar refractivity (Wildman–Crippen MR) is 88.8 cm³/mol. The first-order valence-corrected chi connectivity index (χ1v) is 7.80. The summed E-state index contributed by atoms with van der Waals surface area (Å²) in [6.07, 6.45) is 0. The summed E-state index contributed by atoms with van der Waals surface area (Å²) >= 11 is 1.37. The number of hydrogen-bond donors (Lipinski definition) is 1. The summed E-state index contributed by atoms with van der Waals surface area (Å²) in [6.45, 7) is 2.58. The first kappa shape index (κ1) is 14.7. The van der Waals surface area contributed by atoms with E-state index in [4.69, 9.17) is 4.74 Å². The highest BCUT2D eigenvalue weighted by molar-refractivity contribution is 7.17. The monoisotopic (exact) mass is 316 g/mol. The van der Waals surface area contributed by atoms with Gasteiger partial charge in [0.1, 0.15) is 4.83 Å². The fourth-order valence-corrected chi connectivity index (χ4v) is 3.34. The third-order valence-corrected chi connectivity index (χ3v) is 4.49. The average Bonchev–Trinajstić information content (AvgIpc) is 2.92. The van der Waals surface area contributed by atoms with Gasteiger partial charge in [-0.05, 0) is 12.5 Å². The second-order valence-electron chi connectivity index (χ2n) is 5.10. The van der Waals surface area contributed by atoms with Gasteiger partial charge in [0.05, 0.1) is 18.5 Å². The van der Waals surface area contributed by atoms with Crippen LogP contribution in [0.2, 0.25) is 0 Å². The largest absolute Gasteiger partial charge is 0.383 e. The van der Waals surface area contributed by atoms with Crippen LogP contribution in [-0.4, -0.2) is 23.3 Å². The maximum atomic E-state index is 12.7. The maximum absolute atomic E-state index is 12.7. The lowest BCUT2D eigenvalue weighted by atomic mass is 10.1. The number of H-pyrrole nitrogens is 1. The number of thiophene rings is 1. The number of fused-ring (bicyclic) bond motifs is 1. The first-order valence-electron chi connectivity index (χ1n) is 6.92. The number of aryl methyl sites for hydroxylation is 1. The predicted octanol–water partition coefficient (Wildman–Crippen LogP) is 2.37. The van der Waals surface area contributed by atoms with Crippen molar-refractivity contribution in [2.75, 3.05) is 13.7 Å². The van der Waals surface area contributed by atoms with Crippen LogP contribution in [0.25, 0.3) is 21.3 Å². The van der Waals surface area contributed by atoms with E-state index in [1.54, 1.807) is 7.11 Å². The molecule has 0 bridgehead atoms. The Balaban J connectivity index is 2.23. The van der Waals surface area contributed by atoms with E-state index >= 15 is 0 Å². The highest BCUT2D eigenvalue weighted by Crippen LogP contribution is 2.30. The Morgan fingerprint density at radius 1 is 1.23 bits per heavy atom. The molecule has 0 radical (unpaired) electrons. The number of aromatic amines is 1. The third kappa shape index (κ3) is 2.51. The Morgan fingerprint density at radius 2 is 1.95 bits per heavy atom. The molecule has 0 amide bonds. The molecular weight excluding hydrogens is 300 g/mol. The molecule has 0 aliphatic heterocycles. The van der Waals surface area contributed by atoms with Crippen molar-refractivity contribution < 1.29 is 4.74 Å². The zero-order valence-corrected chi connectivity index (χ0v) is 13.2. The number of hydrogen-bond acceptors (Lipinski definition) is 4. The highest BCUT2D eigenvalue weighted by Gasteiger charge is 2.14. The molecule has 0 fully saturated rings. The summed E-state index contributed by atoms with van der Waals surface area (Å²) in [5.74, 6) is 0. The SMILES string of the molecule is COCCn1c(=O)[nH]c2scc(-c3ccc(C)cc3)c2c1=O. The Bertz CT molecular complexity index is 919. The molecule has 2 heterocycles. The molecule has 0 saturated heterocycles. The van der Waals surface area contributed by atoms with Gasteiger partial charge in [0.15, 0.2) is 0 Å². The number of aromatic nitrogens is 2. The van der Waals surface area contributed by atoms with Crippen molar-refractivity contribution in [2.45, 2.75) is 13.5 Å². The van der Waals surface area contributed by atoms with Gasteiger partial charge in [-0.3, -0.25) is 14.3 Å². The molecule has 0 unspecified atom stereocenters. The minimum atomic E-state index is -0.396. The lowest BCUT2D eigenvalue weighted by molar-refractivity contribution is 0.185. The Morgan fingerprint density at radius 3 is 2.64 bits per heavy atom. The number of ether oxygens (including phenoxy) is 1. The maximum Gasteiger partial charge on any atom is 0.329 e. The van der Waals surface area contributed by atoms with E-state index in [1.807, 2.05) is 36.6 Å². The van der Waals surface area contributed by atoms with Crippen molar-refractivity contribution >= 4 is 21.6 Å². The van der Waals surface area contributed by atoms with Gasteiger partial charge >= 0.3 is 5.69 Å². The number of rotatable bonds is 4. The summed E-state index contributed by atoms with van der Waals surface area (Å²) in [6, 6.07) is 7.99. The van der Waals surface area contributed by atoms with E-state index in [-0.39, 0.29) is 12.1 Å². The number of nitrogens with zero attached hydrogens (tertiary/aromatic N) is 1. The molecule has 0 aliphatic rings. The topological polar surface area (TPSA) is 64.1 Å². The van der Waals surface area contributed by atoms with E-state index < -0.39 is 5.69 Å². The molecule has 22 heavy (non-hydrogen) atoms. The number of benzene rings is 1. The molecule has 1 aromatic carbocycles. The van der Waals surface area contributed by atoms with Gasteiger partial charge in [0, 0.05) is 18.1 Å². The van der Waals surface area contributed by atoms with Gasteiger partial charge in [-0.1, -0.05) is 29.8 Å². The van der Waals surface area contributed by atoms with Crippen LogP contribution in [0.1, 0.15) is 5.56 Å². The highest BCUT2D eigenvalue weighted by atomic mass is 32.1. The standard InChI is InChI=1S/C16H16N2O3S/c1-10-3-5-11(6-4-10)12-9-22-14-13(12)15(19)18(7-8-21-2)16(20)17-14/h3-6,9H,7-8H2,1-2H3,(H,17,20). The minimum Gasteiger partial charge on any atom is -0.383 e. The molecule has 0 saturated carbocycles. The van der Waals surface area contributed by atoms with Gasteiger partial charge in [-0.15, -0.1) is 11.3 Å². The van der Waals surface area contributed by atoms with Crippen LogP contribution in [0.5, 0.6) is 0 Å². The summed E-state index contributed by atoms with van der Waals surface area (Å²) in [4.78, 5) is 28.1. The van der Waals surface area contributed by atoms with Crippen LogP contribution >= 0.6 is 11.3 Å². The van der Waals surface area contributed by atoms with Gasteiger partial charge in [-0.25, -0.2) is 4.79 Å². The number of methoxy groups -OCH3 is 1. The molecule has 0 aliphatic carbocycles. The normalized spacial score (nSPS) is 11.2. The third-order valence-electron chi connectivity index (χ3n) is 3.60. The summed E-state index contributed by atoms with van der Waals surface area (Å²) in [7, 11) is 1.54. The van der Waals surface area contributed by atoms with Gasteiger partial charge in [-0.2, -0.15) is 0 Å². The molecular formula is C16H16N2O3S. The fourth-order valence-electron chi connectivity index (χ4n) is 2.39. The van der Waals surface area contributed by atoms with Crippen LogP contribution in [0, 0.1) is 6.92 Å². The van der Waals surface area contributed by atoms with Crippen molar-refractivity contribution in [3.63, 3.8) is 0 Å². The smallest absolute Gasteiger partial charge is 0.329 e. The van der Waals surface area contributed by atoms with E-state index in [9.17, 15) is 9.59 Å². The quantitative estimate of drug-likeness (QED) is 0.804. The van der Waals surface area contributed by atoms with Gasteiger partial charge < -0.3 is 4.74 Å². The van der Waals surface area contributed by atoms with E-state index in [1.165, 1.54) is 15.9 Å². The van der Waals surface area contributed by atoms with Crippen LogP contribution in [0.3, 0.4) is 0 Å². The lowest BCUT2D eigenvalue weighted by Crippen LogP contribution is -2.35. The molecule has 3 rings (SSSR count). The molecule has 3 aromatic rings. The fraction of sp³-hybridized carbons (Fsp3) is 0.250. The van der Waals surface area contributed by atoms with E-state index in [0.29, 0.717) is 16.8 Å². The van der Waals surface area contributed by atoms with Crippen LogP contribution in [0.4, 0.5) is 0 Å². The molecule has 0 atom stereocenters. The van der Waals surface area contributed by atoms with Crippen molar-refractivity contribution in [2.24, 2.45) is 0 Å². The van der Waals surface area contributed by atoms with E-state index in [2.05, 4.69) is 4.98 Å². The van der Waals surface area contributed by atoms with Crippen LogP contribution < -0.4 is 11.2 Å². The van der Waals surface area contributed by atoms with Crippen molar-refractivity contribution in [1.82, 2.24) is 9.55 Å². The summed E-state index contributed by atoms with van der Waals surface area (Å²) in [5.41, 5.74) is 2.32. The van der Waals surface area contributed by atoms with Crippen LogP contribution in [0.15, 0.2) is 39.2 Å². The van der Waals surface area contributed by atoms with Crippen molar-refractivity contribution in [1.29, 1.82) is 0 Å². The van der Waals surface area contributed by atoms with Crippen LogP contribution in [-0.2, 0) is 11.3 Å². The second kappa shape index (κ2) is 5.90.